The molecule has 0 aromatic heterocycles. The summed E-state index contributed by atoms with van der Waals surface area (Å²) in [6.45, 7) is 0. The highest BCUT2D eigenvalue weighted by molar-refractivity contribution is 8.18. The van der Waals surface area contributed by atoms with Crippen LogP contribution in [0.5, 0.6) is 11.5 Å². The van der Waals surface area contributed by atoms with Gasteiger partial charge in [0.1, 0.15) is 11.5 Å². The van der Waals surface area contributed by atoms with Crippen molar-refractivity contribution in [3.63, 3.8) is 0 Å². The molecule has 1 amide bonds. The minimum atomic E-state index is -1.33. The summed E-state index contributed by atoms with van der Waals surface area (Å²) in [6, 6.07) is 11.4. The lowest BCUT2D eigenvalue weighted by Gasteiger charge is -2.07. The Morgan fingerprint density at radius 2 is 1.96 bits per heavy atom. The van der Waals surface area contributed by atoms with Crippen LogP contribution in [0, 0.1) is 0 Å². The van der Waals surface area contributed by atoms with E-state index >= 15 is 0 Å². The number of para-hydroxylation sites is 1. The Labute approximate surface area is 159 Å². The molecule has 0 aliphatic carbocycles. The number of carbonyl (C=O) groups is 2. The van der Waals surface area contributed by atoms with Crippen LogP contribution in [0.2, 0.25) is 0 Å². The molecule has 8 heteroatoms. The third-order valence-corrected chi connectivity index (χ3v) is 4.63. The van der Waals surface area contributed by atoms with Gasteiger partial charge in [-0.3, -0.25) is 4.79 Å². The summed E-state index contributed by atoms with van der Waals surface area (Å²) in [5.74, 6) is -0.466. The van der Waals surface area contributed by atoms with Gasteiger partial charge in [0.2, 0.25) is 0 Å². The summed E-state index contributed by atoms with van der Waals surface area (Å²) < 4.78 is 10.5. The van der Waals surface area contributed by atoms with Crippen LogP contribution < -0.4 is 19.9 Å². The maximum absolute atomic E-state index is 12.2. The summed E-state index contributed by atoms with van der Waals surface area (Å²) >= 11 is 1.11. The summed E-state index contributed by atoms with van der Waals surface area (Å²) in [6.07, 6.45) is 1.67. The van der Waals surface area contributed by atoms with Gasteiger partial charge in [0.15, 0.2) is 5.17 Å². The molecule has 0 bridgehead atoms. The molecule has 138 valence electrons. The molecule has 1 saturated heterocycles. The highest BCUT2D eigenvalue weighted by Crippen LogP contribution is 2.32. The number of carboxylic acids is 1. The lowest BCUT2D eigenvalue weighted by molar-refractivity contribution is -0.254. The number of hydrogen-bond donors (Lipinski definition) is 1. The minimum Gasteiger partial charge on any atom is -0.545 e. The Morgan fingerprint density at radius 1 is 1.19 bits per heavy atom. The zero-order valence-corrected chi connectivity index (χ0v) is 15.3. The molecule has 2 aromatic carbocycles. The number of methoxy groups -OCH3 is 2. The fraction of sp³-hybridized carbons (Fsp3) is 0.105. The number of benzene rings is 2. The molecule has 1 heterocycles. The van der Waals surface area contributed by atoms with Gasteiger partial charge < -0.3 is 24.7 Å². The van der Waals surface area contributed by atoms with Gasteiger partial charge in [-0.2, -0.15) is 0 Å². The molecule has 7 nitrogen and oxygen atoms in total. The smallest absolute Gasteiger partial charge is 0.264 e. The number of aliphatic imine (C=N–C) groups is 1. The molecule has 1 aliphatic heterocycles. The van der Waals surface area contributed by atoms with Crippen LogP contribution in [-0.4, -0.2) is 31.3 Å². The fourth-order valence-electron chi connectivity index (χ4n) is 2.41. The van der Waals surface area contributed by atoms with Crippen molar-refractivity contribution in [2.45, 2.75) is 0 Å². The number of carbonyl (C=O) groups excluding carboxylic acids is 2. The van der Waals surface area contributed by atoms with E-state index in [2.05, 4.69) is 10.3 Å². The third kappa shape index (κ3) is 4.12. The standard InChI is InChI=1S/C19H16N2O5S/c1-25-12-8-7-11(15(10-12)26-2)9-16-17(22)21-19(27-16)20-14-6-4-3-5-13(14)18(23)24/h3-10H,1-2H3,(H,23,24)(H,20,21,22)/p-1/b16-9-. The van der Waals surface area contributed by atoms with E-state index in [0.717, 1.165) is 11.8 Å². The molecule has 0 atom stereocenters. The number of carboxylic acid groups (broad SMARTS) is 1. The van der Waals surface area contributed by atoms with Crippen LogP contribution in [0.4, 0.5) is 5.69 Å². The van der Waals surface area contributed by atoms with E-state index in [9.17, 15) is 14.7 Å². The van der Waals surface area contributed by atoms with Crippen LogP contribution in [0.1, 0.15) is 15.9 Å². The Balaban J connectivity index is 1.90. The second-order valence-electron chi connectivity index (χ2n) is 5.39. The van der Waals surface area contributed by atoms with Gasteiger partial charge in [0.25, 0.3) is 5.91 Å². The second-order valence-corrected chi connectivity index (χ2v) is 6.42. The number of nitrogens with zero attached hydrogens (tertiary/aromatic N) is 1. The van der Waals surface area contributed by atoms with Crippen LogP contribution in [-0.2, 0) is 4.79 Å². The van der Waals surface area contributed by atoms with Crippen LogP contribution >= 0.6 is 11.8 Å². The van der Waals surface area contributed by atoms with E-state index < -0.39 is 5.97 Å². The first-order valence-corrected chi connectivity index (χ1v) is 8.65. The normalized spacial score (nSPS) is 16.4. The summed E-state index contributed by atoms with van der Waals surface area (Å²) in [4.78, 5) is 28.1. The van der Waals surface area contributed by atoms with E-state index in [1.54, 1.807) is 49.6 Å². The van der Waals surface area contributed by atoms with Gasteiger partial charge in [0.05, 0.1) is 30.8 Å². The molecule has 0 radical (unpaired) electrons. The average Bonchev–Trinajstić information content (AvgIpc) is 3.01. The van der Waals surface area contributed by atoms with E-state index in [1.807, 2.05) is 0 Å². The Morgan fingerprint density at radius 3 is 2.67 bits per heavy atom. The quantitative estimate of drug-likeness (QED) is 0.793. The van der Waals surface area contributed by atoms with Crippen molar-refractivity contribution in [2.24, 2.45) is 4.99 Å². The maximum atomic E-state index is 12.2. The van der Waals surface area contributed by atoms with Gasteiger partial charge in [-0.15, -0.1) is 0 Å². The third-order valence-electron chi connectivity index (χ3n) is 3.72. The number of rotatable bonds is 5. The van der Waals surface area contributed by atoms with Gasteiger partial charge in [-0.1, -0.05) is 18.2 Å². The molecular weight excluding hydrogens is 368 g/mol. The highest BCUT2D eigenvalue weighted by atomic mass is 32.2. The second kappa shape index (κ2) is 7.96. The Hall–Kier alpha value is -3.26. The largest absolute Gasteiger partial charge is 0.545 e. The number of amides is 1. The zero-order chi connectivity index (χ0) is 19.4. The molecule has 0 saturated carbocycles. The van der Waals surface area contributed by atoms with Gasteiger partial charge in [0, 0.05) is 17.2 Å². The molecular formula is C19H15N2O5S-. The number of hydrogen-bond acceptors (Lipinski definition) is 7. The first-order valence-electron chi connectivity index (χ1n) is 7.84. The monoisotopic (exact) mass is 383 g/mol. The van der Waals surface area contributed by atoms with E-state index in [0.29, 0.717) is 22.0 Å². The molecule has 3 rings (SSSR count). The van der Waals surface area contributed by atoms with Crippen molar-refractivity contribution in [1.82, 2.24) is 5.32 Å². The number of amidine groups is 1. The Bertz CT molecular complexity index is 968. The van der Waals surface area contributed by atoms with Crippen LogP contribution in [0.15, 0.2) is 52.4 Å². The Kier molecular flexibility index (Phi) is 5.46. The number of nitrogens with one attached hydrogen (secondary N) is 1. The van der Waals surface area contributed by atoms with Crippen molar-refractivity contribution < 1.29 is 24.2 Å². The van der Waals surface area contributed by atoms with Crippen LogP contribution in [0.3, 0.4) is 0 Å². The minimum absolute atomic E-state index is 0.0471. The van der Waals surface area contributed by atoms with Crippen molar-refractivity contribution in [3.8, 4) is 11.5 Å². The predicted molar refractivity (Wildman–Crippen MR) is 101 cm³/mol. The lowest BCUT2D eigenvalue weighted by atomic mass is 10.1. The molecule has 1 aliphatic rings. The van der Waals surface area contributed by atoms with Crippen molar-refractivity contribution in [2.75, 3.05) is 14.2 Å². The molecule has 0 spiro atoms. The van der Waals surface area contributed by atoms with Gasteiger partial charge in [-0.05, 0) is 36.0 Å². The van der Waals surface area contributed by atoms with E-state index in [1.165, 1.54) is 13.2 Å². The first-order chi connectivity index (χ1) is 13.0. The van der Waals surface area contributed by atoms with E-state index in [4.69, 9.17) is 9.47 Å². The van der Waals surface area contributed by atoms with Crippen LogP contribution in [0.25, 0.3) is 6.08 Å². The summed E-state index contributed by atoms with van der Waals surface area (Å²) in [7, 11) is 3.09. The van der Waals surface area contributed by atoms with Gasteiger partial charge >= 0.3 is 0 Å². The summed E-state index contributed by atoms with van der Waals surface area (Å²) in [5.41, 5.74) is 0.866. The molecule has 1 N–H and O–H groups in total. The predicted octanol–water partition coefficient (Wildman–Crippen LogP) is 1.96. The zero-order valence-electron chi connectivity index (χ0n) is 14.5. The average molecular weight is 383 g/mol. The maximum Gasteiger partial charge on any atom is 0.264 e. The SMILES string of the molecule is COc1ccc(/C=C2\SC(=Nc3ccccc3C(=O)[O-])NC2=O)c(OC)c1. The topological polar surface area (TPSA) is 100 Å². The number of aromatic carboxylic acids is 1. The fourth-order valence-corrected chi connectivity index (χ4v) is 3.24. The highest BCUT2D eigenvalue weighted by Gasteiger charge is 2.24. The molecule has 1 fully saturated rings. The lowest BCUT2D eigenvalue weighted by Crippen LogP contribution is -2.23. The summed E-state index contributed by atoms with van der Waals surface area (Å²) in [5, 5.41) is 14.1. The van der Waals surface area contributed by atoms with Crippen molar-refractivity contribution in [1.29, 1.82) is 0 Å². The molecule has 2 aromatic rings. The van der Waals surface area contributed by atoms with Crippen molar-refractivity contribution in [3.05, 3.63) is 58.5 Å². The van der Waals surface area contributed by atoms with Gasteiger partial charge in [-0.25, -0.2) is 4.99 Å². The molecule has 0 unspecified atom stereocenters. The number of ether oxygens (including phenoxy) is 2. The number of thioether (sulfide) groups is 1. The first kappa shape index (κ1) is 18.5. The van der Waals surface area contributed by atoms with E-state index in [-0.39, 0.29) is 22.3 Å². The molecule has 27 heavy (non-hydrogen) atoms. The van der Waals surface area contributed by atoms with Crippen molar-refractivity contribution >= 4 is 40.6 Å².